The molecule has 0 spiro atoms. The molecule has 0 atom stereocenters. The number of anilines is 1. The summed E-state index contributed by atoms with van der Waals surface area (Å²) in [6.45, 7) is 7.09. The van der Waals surface area contributed by atoms with E-state index in [1.807, 2.05) is 44.0 Å². The Kier molecular flexibility index (Phi) is 6.88. The Morgan fingerprint density at radius 2 is 1.95 bits per heavy atom. The first-order chi connectivity index (χ1) is 9.92. The molecule has 0 radical (unpaired) electrons. The number of carbonyl (C=O) groups is 2. The third kappa shape index (κ3) is 6.40. The van der Waals surface area contributed by atoms with Gasteiger partial charge in [-0.2, -0.15) is 0 Å². The van der Waals surface area contributed by atoms with E-state index in [1.165, 1.54) is 0 Å². The van der Waals surface area contributed by atoms with Gasteiger partial charge in [-0.05, 0) is 45.5 Å². The van der Waals surface area contributed by atoms with Crippen LogP contribution in [0, 0.1) is 13.8 Å². The third-order valence-corrected chi connectivity index (χ3v) is 3.19. The zero-order chi connectivity index (χ0) is 15.8. The van der Waals surface area contributed by atoms with Crippen LogP contribution in [0.15, 0.2) is 18.2 Å². The lowest BCUT2D eigenvalue weighted by molar-refractivity contribution is -0.120. The van der Waals surface area contributed by atoms with Crippen molar-refractivity contribution in [1.29, 1.82) is 0 Å². The molecule has 0 aliphatic carbocycles. The minimum Gasteiger partial charge on any atom is -0.307 e. The second-order valence-electron chi connectivity index (χ2n) is 5.41. The van der Waals surface area contributed by atoms with Crippen LogP contribution in [-0.4, -0.2) is 37.0 Å². The maximum Gasteiger partial charge on any atom is 0.325 e. The van der Waals surface area contributed by atoms with Gasteiger partial charge in [-0.25, -0.2) is 4.79 Å². The number of urea groups is 1. The van der Waals surface area contributed by atoms with E-state index in [1.54, 1.807) is 0 Å². The number of amides is 3. The van der Waals surface area contributed by atoms with Gasteiger partial charge in [-0.1, -0.05) is 31.0 Å². The number of carbonyl (C=O) groups excluding carboxylic acids is 2. The van der Waals surface area contributed by atoms with Gasteiger partial charge in [0.25, 0.3) is 0 Å². The highest BCUT2D eigenvalue weighted by atomic mass is 16.2. The molecule has 5 heteroatoms. The SMILES string of the molecule is CCCCN(C)CC(=O)NC(=O)Nc1ccc(C)cc1C. The van der Waals surface area contributed by atoms with E-state index >= 15 is 0 Å². The molecule has 1 aromatic carbocycles. The van der Waals surface area contributed by atoms with Gasteiger partial charge in [-0.3, -0.25) is 15.0 Å². The summed E-state index contributed by atoms with van der Waals surface area (Å²) in [7, 11) is 1.87. The summed E-state index contributed by atoms with van der Waals surface area (Å²) in [5.74, 6) is -0.295. The van der Waals surface area contributed by atoms with Gasteiger partial charge in [0, 0.05) is 5.69 Å². The summed E-state index contributed by atoms with van der Waals surface area (Å²) < 4.78 is 0. The number of imide groups is 1. The van der Waals surface area contributed by atoms with Gasteiger partial charge in [-0.15, -0.1) is 0 Å². The third-order valence-electron chi connectivity index (χ3n) is 3.19. The molecule has 0 unspecified atom stereocenters. The largest absolute Gasteiger partial charge is 0.325 e. The Hall–Kier alpha value is -1.88. The number of rotatable bonds is 6. The predicted octanol–water partition coefficient (Wildman–Crippen LogP) is 2.68. The van der Waals surface area contributed by atoms with Crippen molar-refractivity contribution in [2.24, 2.45) is 0 Å². The topological polar surface area (TPSA) is 61.4 Å². The molecule has 0 fully saturated rings. The number of nitrogens with one attached hydrogen (secondary N) is 2. The Labute approximate surface area is 126 Å². The van der Waals surface area contributed by atoms with Crippen molar-refractivity contribution < 1.29 is 9.59 Å². The fourth-order valence-electron chi connectivity index (χ4n) is 2.03. The molecule has 1 aromatic rings. The number of nitrogens with zero attached hydrogens (tertiary/aromatic N) is 1. The molecule has 2 N–H and O–H groups in total. The van der Waals surface area contributed by atoms with Crippen LogP contribution in [0.5, 0.6) is 0 Å². The number of unbranched alkanes of at least 4 members (excludes halogenated alkanes) is 1. The van der Waals surface area contributed by atoms with Crippen molar-refractivity contribution in [3.8, 4) is 0 Å². The van der Waals surface area contributed by atoms with Crippen molar-refractivity contribution >= 4 is 17.6 Å². The lowest BCUT2D eigenvalue weighted by atomic mass is 10.1. The monoisotopic (exact) mass is 291 g/mol. The molecular formula is C16H25N3O2. The van der Waals surface area contributed by atoms with Crippen molar-refractivity contribution in [3.63, 3.8) is 0 Å². The van der Waals surface area contributed by atoms with Crippen LogP contribution in [0.1, 0.15) is 30.9 Å². The first kappa shape index (κ1) is 17.2. The van der Waals surface area contributed by atoms with E-state index in [-0.39, 0.29) is 12.5 Å². The first-order valence-corrected chi connectivity index (χ1v) is 7.29. The first-order valence-electron chi connectivity index (χ1n) is 7.29. The quantitative estimate of drug-likeness (QED) is 0.847. The van der Waals surface area contributed by atoms with Crippen LogP contribution in [0.25, 0.3) is 0 Å². The Bertz CT molecular complexity index is 500. The van der Waals surface area contributed by atoms with E-state index < -0.39 is 6.03 Å². The molecule has 116 valence electrons. The molecular weight excluding hydrogens is 266 g/mol. The smallest absolute Gasteiger partial charge is 0.307 e. The standard InChI is InChI=1S/C16H25N3O2/c1-5-6-9-19(4)11-15(20)18-16(21)17-14-8-7-12(2)10-13(14)3/h7-8,10H,5-6,9,11H2,1-4H3,(H2,17,18,20,21). The van der Waals surface area contributed by atoms with E-state index in [2.05, 4.69) is 17.6 Å². The van der Waals surface area contributed by atoms with Crippen LogP contribution in [0.3, 0.4) is 0 Å². The maximum atomic E-state index is 11.8. The van der Waals surface area contributed by atoms with Crippen molar-refractivity contribution in [2.75, 3.05) is 25.5 Å². The molecule has 0 aromatic heterocycles. The molecule has 0 saturated heterocycles. The number of aryl methyl sites for hydroxylation is 2. The van der Waals surface area contributed by atoms with Crippen molar-refractivity contribution in [3.05, 3.63) is 29.3 Å². The summed E-state index contributed by atoms with van der Waals surface area (Å²) in [6.07, 6.45) is 2.12. The van der Waals surface area contributed by atoms with Gasteiger partial charge >= 0.3 is 6.03 Å². The highest BCUT2D eigenvalue weighted by molar-refractivity contribution is 6.02. The van der Waals surface area contributed by atoms with Crippen molar-refractivity contribution in [2.45, 2.75) is 33.6 Å². The van der Waals surface area contributed by atoms with Gasteiger partial charge in [0.15, 0.2) is 0 Å². The molecule has 0 bridgehead atoms. The summed E-state index contributed by atoms with van der Waals surface area (Å²) in [5, 5.41) is 5.04. The normalized spacial score (nSPS) is 10.5. The molecule has 3 amide bonds. The number of benzene rings is 1. The van der Waals surface area contributed by atoms with E-state index in [9.17, 15) is 9.59 Å². The fraction of sp³-hybridized carbons (Fsp3) is 0.500. The average Bonchev–Trinajstić information content (AvgIpc) is 2.39. The van der Waals surface area contributed by atoms with E-state index in [4.69, 9.17) is 0 Å². The molecule has 21 heavy (non-hydrogen) atoms. The minimum absolute atomic E-state index is 0.223. The highest BCUT2D eigenvalue weighted by Gasteiger charge is 2.11. The molecule has 0 aliphatic rings. The Morgan fingerprint density at radius 3 is 2.57 bits per heavy atom. The summed E-state index contributed by atoms with van der Waals surface area (Å²) in [5.41, 5.74) is 2.81. The Balaban J connectivity index is 2.44. The van der Waals surface area contributed by atoms with Gasteiger partial charge < -0.3 is 5.32 Å². The molecule has 0 saturated carbocycles. The number of hydrogen-bond donors (Lipinski definition) is 2. The summed E-state index contributed by atoms with van der Waals surface area (Å²) >= 11 is 0. The van der Waals surface area contributed by atoms with Gasteiger partial charge in [0.1, 0.15) is 0 Å². The lowest BCUT2D eigenvalue weighted by Gasteiger charge is -2.15. The van der Waals surface area contributed by atoms with Crippen LogP contribution in [0.4, 0.5) is 10.5 Å². The zero-order valence-electron chi connectivity index (χ0n) is 13.3. The molecule has 1 rings (SSSR count). The van der Waals surface area contributed by atoms with Crippen LogP contribution in [0.2, 0.25) is 0 Å². The average molecular weight is 291 g/mol. The Morgan fingerprint density at radius 1 is 1.24 bits per heavy atom. The second kappa shape index (κ2) is 8.42. The van der Waals surface area contributed by atoms with E-state index in [0.717, 1.165) is 30.5 Å². The van der Waals surface area contributed by atoms with E-state index in [0.29, 0.717) is 5.69 Å². The molecule has 0 aliphatic heterocycles. The van der Waals surface area contributed by atoms with Gasteiger partial charge in [0.05, 0.1) is 6.54 Å². The van der Waals surface area contributed by atoms with Crippen LogP contribution in [-0.2, 0) is 4.79 Å². The fourth-order valence-corrected chi connectivity index (χ4v) is 2.03. The zero-order valence-corrected chi connectivity index (χ0v) is 13.3. The molecule has 0 heterocycles. The minimum atomic E-state index is -0.490. The molecule has 5 nitrogen and oxygen atoms in total. The van der Waals surface area contributed by atoms with Crippen molar-refractivity contribution in [1.82, 2.24) is 10.2 Å². The number of likely N-dealkylation sites (N-methyl/N-ethyl adjacent to an activating group) is 1. The van der Waals surface area contributed by atoms with Crippen LogP contribution < -0.4 is 10.6 Å². The summed E-state index contributed by atoms with van der Waals surface area (Å²) in [4.78, 5) is 25.4. The summed E-state index contributed by atoms with van der Waals surface area (Å²) in [6, 6.07) is 5.25. The lowest BCUT2D eigenvalue weighted by Crippen LogP contribution is -2.41. The second-order valence-corrected chi connectivity index (χ2v) is 5.41. The predicted molar refractivity (Wildman–Crippen MR) is 85.5 cm³/mol. The number of hydrogen-bond acceptors (Lipinski definition) is 3. The van der Waals surface area contributed by atoms with Gasteiger partial charge in [0.2, 0.25) is 5.91 Å². The highest BCUT2D eigenvalue weighted by Crippen LogP contribution is 2.15. The van der Waals surface area contributed by atoms with Crippen LogP contribution >= 0.6 is 0 Å². The maximum absolute atomic E-state index is 11.8.